The lowest BCUT2D eigenvalue weighted by molar-refractivity contribution is -0.125. The van der Waals surface area contributed by atoms with E-state index in [-0.39, 0.29) is 5.91 Å². The van der Waals surface area contributed by atoms with Gasteiger partial charge in [-0.2, -0.15) is 0 Å². The largest absolute Gasteiger partial charge is 0.493 e. The van der Waals surface area contributed by atoms with Gasteiger partial charge in [0.05, 0.1) is 14.2 Å². The Kier molecular flexibility index (Phi) is 8.29. The van der Waals surface area contributed by atoms with E-state index in [1.165, 1.54) is 0 Å². The van der Waals surface area contributed by atoms with Crippen molar-refractivity contribution < 1.29 is 14.3 Å². The number of hydrogen-bond acceptors (Lipinski definition) is 3. The van der Waals surface area contributed by atoms with Crippen LogP contribution in [0.15, 0.2) is 48.6 Å². The number of hydrogen-bond donors (Lipinski definition) is 0. The van der Waals surface area contributed by atoms with Gasteiger partial charge in [0, 0.05) is 19.2 Å². The van der Waals surface area contributed by atoms with Gasteiger partial charge in [-0.05, 0) is 31.5 Å². The van der Waals surface area contributed by atoms with Gasteiger partial charge in [-0.25, -0.2) is 0 Å². The second-order valence-corrected chi connectivity index (χ2v) is 4.73. The minimum Gasteiger partial charge on any atom is -0.493 e. The zero-order valence-electron chi connectivity index (χ0n) is 14.3. The maximum atomic E-state index is 11.8. The molecule has 0 fully saturated rings. The van der Waals surface area contributed by atoms with Gasteiger partial charge in [0.2, 0.25) is 5.91 Å². The van der Waals surface area contributed by atoms with Crippen LogP contribution >= 0.6 is 0 Å². The third-order valence-electron chi connectivity index (χ3n) is 3.34. The van der Waals surface area contributed by atoms with Crippen LogP contribution < -0.4 is 9.47 Å². The molecule has 124 valence electrons. The van der Waals surface area contributed by atoms with E-state index in [0.29, 0.717) is 11.5 Å². The topological polar surface area (TPSA) is 38.8 Å². The van der Waals surface area contributed by atoms with Gasteiger partial charge < -0.3 is 14.4 Å². The van der Waals surface area contributed by atoms with E-state index in [1.807, 2.05) is 56.4 Å². The van der Waals surface area contributed by atoms with Gasteiger partial charge in [-0.3, -0.25) is 4.79 Å². The number of likely N-dealkylation sites (N-methyl/N-ethyl adjacent to an activating group) is 1. The summed E-state index contributed by atoms with van der Waals surface area (Å²) in [5, 5.41) is 0. The molecule has 0 saturated carbocycles. The van der Waals surface area contributed by atoms with E-state index in [1.54, 1.807) is 31.3 Å². The van der Waals surface area contributed by atoms with Crippen molar-refractivity contribution >= 4 is 12.0 Å². The summed E-state index contributed by atoms with van der Waals surface area (Å²) < 4.78 is 10.5. The number of amides is 1. The summed E-state index contributed by atoms with van der Waals surface area (Å²) >= 11 is 0. The quantitative estimate of drug-likeness (QED) is 0.542. The fourth-order valence-corrected chi connectivity index (χ4v) is 2.03. The van der Waals surface area contributed by atoms with Crippen molar-refractivity contribution in [1.29, 1.82) is 0 Å². The van der Waals surface area contributed by atoms with Gasteiger partial charge in [-0.15, -0.1) is 0 Å². The second kappa shape index (κ2) is 10.3. The lowest BCUT2D eigenvalue weighted by atomic mass is 10.2. The summed E-state index contributed by atoms with van der Waals surface area (Å²) in [4.78, 5) is 13.5. The van der Waals surface area contributed by atoms with Gasteiger partial charge in [0.15, 0.2) is 11.5 Å². The van der Waals surface area contributed by atoms with E-state index in [2.05, 4.69) is 0 Å². The highest BCUT2D eigenvalue weighted by molar-refractivity contribution is 5.87. The van der Waals surface area contributed by atoms with Crippen molar-refractivity contribution in [3.63, 3.8) is 0 Å². The van der Waals surface area contributed by atoms with Crippen molar-refractivity contribution in [1.82, 2.24) is 4.90 Å². The Balaban J connectivity index is 2.60. The molecule has 0 N–H and O–H groups in total. The van der Waals surface area contributed by atoms with E-state index in [4.69, 9.17) is 9.47 Å². The zero-order chi connectivity index (χ0) is 17.1. The summed E-state index contributed by atoms with van der Waals surface area (Å²) in [6.07, 6.45) is 10.9. The van der Waals surface area contributed by atoms with Crippen molar-refractivity contribution in [2.45, 2.75) is 13.8 Å². The molecule has 0 unspecified atom stereocenters. The predicted molar refractivity (Wildman–Crippen MR) is 94.8 cm³/mol. The lowest BCUT2D eigenvalue weighted by Gasteiger charge is -2.15. The first kappa shape index (κ1) is 18.6. The first-order chi connectivity index (χ1) is 11.2. The molecule has 0 aliphatic carbocycles. The summed E-state index contributed by atoms with van der Waals surface area (Å²) in [5.41, 5.74) is 1.01. The van der Waals surface area contributed by atoms with Crippen LogP contribution in [0.3, 0.4) is 0 Å². The molecular formula is C19H25NO3. The molecule has 0 aromatic heterocycles. The van der Waals surface area contributed by atoms with Crippen LogP contribution in [0, 0.1) is 0 Å². The van der Waals surface area contributed by atoms with E-state index >= 15 is 0 Å². The predicted octanol–water partition coefficient (Wildman–Crippen LogP) is 3.70. The molecule has 1 aromatic carbocycles. The van der Waals surface area contributed by atoms with Crippen molar-refractivity contribution in [3.8, 4) is 11.5 Å². The number of benzene rings is 1. The molecule has 0 radical (unpaired) electrons. The van der Waals surface area contributed by atoms with E-state index in [0.717, 1.165) is 18.7 Å². The molecule has 0 aliphatic rings. The minimum absolute atomic E-state index is 0.0310. The maximum Gasteiger partial charge on any atom is 0.246 e. The molecule has 1 aromatic rings. The maximum absolute atomic E-state index is 11.8. The van der Waals surface area contributed by atoms with Crippen molar-refractivity contribution in [2.75, 3.05) is 27.3 Å². The van der Waals surface area contributed by atoms with Crippen LogP contribution in [0.4, 0.5) is 0 Å². The van der Waals surface area contributed by atoms with Crippen LogP contribution in [0.25, 0.3) is 6.08 Å². The highest BCUT2D eigenvalue weighted by Gasteiger charge is 2.03. The van der Waals surface area contributed by atoms with Gasteiger partial charge in [0.1, 0.15) is 0 Å². The smallest absolute Gasteiger partial charge is 0.246 e. The average Bonchev–Trinajstić information content (AvgIpc) is 2.58. The number of carbonyl (C=O) groups excluding carboxylic acids is 1. The highest BCUT2D eigenvalue weighted by atomic mass is 16.5. The average molecular weight is 315 g/mol. The Morgan fingerprint density at radius 3 is 2.26 bits per heavy atom. The van der Waals surface area contributed by atoms with Crippen LogP contribution in [0.5, 0.6) is 11.5 Å². The molecular weight excluding hydrogens is 290 g/mol. The molecule has 23 heavy (non-hydrogen) atoms. The van der Waals surface area contributed by atoms with Crippen LogP contribution in [0.2, 0.25) is 0 Å². The molecule has 0 spiro atoms. The Morgan fingerprint density at radius 2 is 1.65 bits per heavy atom. The Morgan fingerprint density at radius 1 is 1.00 bits per heavy atom. The Bertz CT molecular complexity index is 584. The highest BCUT2D eigenvalue weighted by Crippen LogP contribution is 2.27. The fraction of sp³-hybridized carbons (Fsp3) is 0.316. The second-order valence-electron chi connectivity index (χ2n) is 4.73. The minimum atomic E-state index is 0.0310. The third-order valence-corrected chi connectivity index (χ3v) is 3.34. The van der Waals surface area contributed by atoms with Crippen molar-refractivity contribution in [3.05, 3.63) is 54.1 Å². The van der Waals surface area contributed by atoms with Gasteiger partial charge >= 0.3 is 0 Å². The summed E-state index contributed by atoms with van der Waals surface area (Å²) in [7, 11) is 3.23. The standard InChI is InChI=1S/C19H25NO3/c1-5-20(6-2)19(21)12-10-8-7-9-11-16-13-14-17(22-3)18(15-16)23-4/h7-15H,5-6H2,1-4H3/b8-7+,11-9+,12-10+. The number of methoxy groups -OCH3 is 2. The normalized spacial score (nSPS) is 11.5. The molecule has 0 aliphatic heterocycles. The number of rotatable bonds is 8. The Labute approximate surface area is 138 Å². The van der Waals surface area contributed by atoms with Crippen LogP contribution in [-0.4, -0.2) is 38.1 Å². The van der Waals surface area contributed by atoms with E-state index < -0.39 is 0 Å². The van der Waals surface area contributed by atoms with Gasteiger partial charge in [-0.1, -0.05) is 36.4 Å². The van der Waals surface area contributed by atoms with Crippen molar-refractivity contribution in [2.24, 2.45) is 0 Å². The number of carbonyl (C=O) groups is 1. The lowest BCUT2D eigenvalue weighted by Crippen LogP contribution is -2.28. The Hall–Kier alpha value is -2.49. The first-order valence-electron chi connectivity index (χ1n) is 7.68. The molecule has 0 bridgehead atoms. The van der Waals surface area contributed by atoms with Gasteiger partial charge in [0.25, 0.3) is 0 Å². The molecule has 4 nitrogen and oxygen atoms in total. The van der Waals surface area contributed by atoms with Crippen LogP contribution in [-0.2, 0) is 4.79 Å². The number of ether oxygens (including phenoxy) is 2. The third kappa shape index (κ3) is 6.02. The summed E-state index contributed by atoms with van der Waals surface area (Å²) in [6, 6.07) is 5.72. The molecule has 4 heteroatoms. The number of nitrogens with zero attached hydrogens (tertiary/aromatic N) is 1. The SMILES string of the molecule is CCN(CC)C(=O)/C=C/C=C/C=C/c1ccc(OC)c(OC)c1. The zero-order valence-corrected chi connectivity index (χ0v) is 14.3. The molecule has 1 rings (SSSR count). The molecule has 0 saturated heterocycles. The molecule has 1 amide bonds. The number of allylic oxidation sites excluding steroid dienone is 4. The van der Waals surface area contributed by atoms with E-state index in [9.17, 15) is 4.79 Å². The van der Waals surface area contributed by atoms with Crippen LogP contribution in [0.1, 0.15) is 19.4 Å². The molecule has 0 atom stereocenters. The summed E-state index contributed by atoms with van der Waals surface area (Å²) in [6.45, 7) is 5.39. The monoisotopic (exact) mass is 315 g/mol. The summed E-state index contributed by atoms with van der Waals surface area (Å²) in [5.74, 6) is 1.44. The molecule has 0 heterocycles. The fourth-order valence-electron chi connectivity index (χ4n) is 2.03. The first-order valence-corrected chi connectivity index (χ1v) is 7.68.